The quantitative estimate of drug-likeness (QED) is 0.235. The maximum atomic E-state index is 14.9. The molecule has 2 bridgehead atoms. The first-order valence-corrected chi connectivity index (χ1v) is 16.9. The zero-order chi connectivity index (χ0) is 33.3. The van der Waals surface area contributed by atoms with Gasteiger partial charge in [0.05, 0.1) is 37.2 Å². The molecule has 2 aromatic rings. The number of aliphatic hydroxyl groups excluding tert-OH is 1. The molecule has 0 aliphatic carbocycles. The van der Waals surface area contributed by atoms with E-state index < -0.39 is 35.6 Å². The molecular weight excluding hydrogens is 650 g/mol. The van der Waals surface area contributed by atoms with Gasteiger partial charge in [-0.25, -0.2) is 0 Å². The van der Waals surface area contributed by atoms with Crippen molar-refractivity contribution in [2.75, 3.05) is 36.1 Å². The lowest BCUT2D eigenvalue weighted by molar-refractivity contribution is -0.144. The summed E-state index contributed by atoms with van der Waals surface area (Å²) in [5.74, 6) is -2.02. The van der Waals surface area contributed by atoms with Crippen LogP contribution in [0.4, 0.5) is 11.4 Å². The summed E-state index contributed by atoms with van der Waals surface area (Å²) in [6, 6.07) is 11.5. The summed E-state index contributed by atoms with van der Waals surface area (Å²) in [4.78, 5) is 48.7. The van der Waals surface area contributed by atoms with Gasteiger partial charge in [0.15, 0.2) is 0 Å². The number of anilines is 2. The van der Waals surface area contributed by atoms with Gasteiger partial charge in [-0.05, 0) is 75.1 Å². The van der Waals surface area contributed by atoms with Crippen LogP contribution in [0.3, 0.4) is 0 Å². The zero-order valence-electron chi connectivity index (χ0n) is 27.0. The third kappa shape index (κ3) is 5.58. The molecule has 1 spiro atoms. The fourth-order valence-corrected chi connectivity index (χ4v) is 8.49. The van der Waals surface area contributed by atoms with Crippen molar-refractivity contribution >= 4 is 45.0 Å². The molecule has 3 aliphatic heterocycles. The number of halogens is 1. The summed E-state index contributed by atoms with van der Waals surface area (Å²) in [5, 5.41) is 10.5. The van der Waals surface area contributed by atoms with E-state index >= 15 is 0 Å². The molecule has 3 aliphatic rings. The van der Waals surface area contributed by atoms with Gasteiger partial charge in [-0.2, -0.15) is 0 Å². The van der Waals surface area contributed by atoms with Crippen LogP contribution in [0, 0.1) is 25.7 Å². The number of benzene rings is 2. The van der Waals surface area contributed by atoms with E-state index in [2.05, 4.69) is 29.1 Å². The van der Waals surface area contributed by atoms with E-state index in [1.54, 1.807) is 34.1 Å². The van der Waals surface area contributed by atoms with Gasteiger partial charge in [0.1, 0.15) is 17.4 Å². The first-order chi connectivity index (χ1) is 22.1. The van der Waals surface area contributed by atoms with Gasteiger partial charge >= 0.3 is 0 Å². The molecule has 7 atom stereocenters. The molecule has 5 rings (SSSR count). The SMILES string of the molecule is C=CCN(C(=O)[C@H]1[C@H]2C(=O)N([C@@H](CC)CO)C(C(=O)N(CC=C)c3cc(C)ccc3C)C23CC(Br)[C@@H]1O3)c1ccc(OCC)cc1. The first-order valence-electron chi connectivity index (χ1n) is 16.0. The molecule has 9 nitrogen and oxygen atoms in total. The van der Waals surface area contributed by atoms with Crippen LogP contribution in [0.25, 0.3) is 0 Å². The molecular formula is C36H44BrN3O6. The topological polar surface area (TPSA) is 99.6 Å². The third-order valence-electron chi connectivity index (χ3n) is 9.59. The number of rotatable bonds is 13. The zero-order valence-corrected chi connectivity index (χ0v) is 28.6. The van der Waals surface area contributed by atoms with Crippen LogP contribution in [0.5, 0.6) is 5.75 Å². The number of likely N-dealkylation sites (tertiary alicyclic amines) is 1. The Morgan fingerprint density at radius 3 is 2.39 bits per heavy atom. The lowest BCUT2D eigenvalue weighted by Gasteiger charge is -2.39. The fourth-order valence-electron chi connectivity index (χ4n) is 7.55. The highest BCUT2D eigenvalue weighted by molar-refractivity contribution is 9.09. The summed E-state index contributed by atoms with van der Waals surface area (Å²) in [6.07, 6.45) is 3.47. The standard InChI is InChI=1S/C36H44BrN3O6/c1-7-17-38(25-13-15-26(16-14-25)45-10-4)33(42)29-30-34(43)40(24(9-3)21-41)32(36(30)20-27(37)31(29)46-36)35(44)39(18-8-2)28-19-22(5)11-12-23(28)6/h7-8,11-16,19,24,27,29-32,41H,1-2,9-10,17-18,20-21H2,3-6H3/t24-,27?,29-,30-,31-,32?,36?/m0/s1. The molecule has 3 fully saturated rings. The Bertz CT molecular complexity index is 1490. The number of ether oxygens (including phenoxy) is 2. The second kappa shape index (κ2) is 13.7. The number of hydrogen-bond donors (Lipinski definition) is 1. The Labute approximate surface area is 280 Å². The van der Waals surface area contributed by atoms with Crippen LogP contribution in [0.1, 0.15) is 37.8 Å². The molecule has 0 radical (unpaired) electrons. The van der Waals surface area contributed by atoms with E-state index in [0.29, 0.717) is 30.9 Å². The van der Waals surface area contributed by atoms with Crippen molar-refractivity contribution in [2.24, 2.45) is 11.8 Å². The van der Waals surface area contributed by atoms with Gasteiger partial charge in [0.2, 0.25) is 11.8 Å². The maximum absolute atomic E-state index is 14.9. The van der Waals surface area contributed by atoms with Crippen LogP contribution in [-0.4, -0.2) is 82.6 Å². The van der Waals surface area contributed by atoms with Gasteiger partial charge in [0, 0.05) is 29.3 Å². The van der Waals surface area contributed by atoms with Crippen LogP contribution in [0.2, 0.25) is 0 Å². The Morgan fingerprint density at radius 1 is 1.11 bits per heavy atom. The van der Waals surface area contributed by atoms with Crippen LogP contribution in [0.15, 0.2) is 67.8 Å². The molecule has 3 amide bonds. The van der Waals surface area contributed by atoms with E-state index in [0.717, 1.165) is 16.8 Å². The monoisotopic (exact) mass is 693 g/mol. The second-order valence-electron chi connectivity index (χ2n) is 12.3. The number of hydrogen-bond acceptors (Lipinski definition) is 6. The number of fused-ring (bicyclic) bond motifs is 1. The molecule has 2 aromatic carbocycles. The molecule has 1 N–H and O–H groups in total. The normalized spacial score (nSPS) is 26.9. The van der Waals surface area contributed by atoms with Crippen molar-refractivity contribution in [2.45, 2.75) is 69.2 Å². The molecule has 246 valence electrons. The minimum absolute atomic E-state index is 0.215. The van der Waals surface area contributed by atoms with Crippen molar-refractivity contribution in [1.29, 1.82) is 0 Å². The first kappa shape index (κ1) is 33.9. The number of aryl methyl sites for hydroxylation is 2. The minimum Gasteiger partial charge on any atom is -0.494 e. The Hall–Kier alpha value is -3.47. The van der Waals surface area contributed by atoms with E-state index in [1.165, 1.54) is 4.90 Å². The molecule has 3 saturated heterocycles. The number of alkyl halides is 1. The van der Waals surface area contributed by atoms with Crippen molar-refractivity contribution in [3.8, 4) is 5.75 Å². The molecule has 46 heavy (non-hydrogen) atoms. The summed E-state index contributed by atoms with van der Waals surface area (Å²) in [5.41, 5.74) is 1.97. The third-order valence-corrected chi connectivity index (χ3v) is 10.4. The van der Waals surface area contributed by atoms with E-state index in [4.69, 9.17) is 9.47 Å². The smallest absolute Gasteiger partial charge is 0.253 e. The van der Waals surface area contributed by atoms with E-state index in [-0.39, 0.29) is 42.2 Å². The van der Waals surface area contributed by atoms with Crippen LogP contribution >= 0.6 is 15.9 Å². The molecule has 3 unspecified atom stereocenters. The van der Waals surface area contributed by atoms with Crippen molar-refractivity contribution in [3.63, 3.8) is 0 Å². The van der Waals surface area contributed by atoms with Crippen LogP contribution < -0.4 is 14.5 Å². The van der Waals surface area contributed by atoms with Gasteiger partial charge in [0.25, 0.3) is 5.91 Å². The lowest BCUT2D eigenvalue weighted by atomic mass is 9.70. The summed E-state index contributed by atoms with van der Waals surface area (Å²) in [7, 11) is 0. The molecule has 0 aromatic heterocycles. The van der Waals surface area contributed by atoms with Gasteiger partial charge in [-0.3, -0.25) is 14.4 Å². The van der Waals surface area contributed by atoms with Crippen molar-refractivity contribution < 1.29 is 29.0 Å². The molecule has 3 heterocycles. The Kier molecular flexibility index (Phi) is 10.1. The number of carbonyl (C=O) groups excluding carboxylic acids is 3. The van der Waals surface area contributed by atoms with Crippen molar-refractivity contribution in [1.82, 2.24) is 4.90 Å². The average molecular weight is 695 g/mol. The highest BCUT2D eigenvalue weighted by atomic mass is 79.9. The summed E-state index contributed by atoms with van der Waals surface area (Å²) < 4.78 is 12.4. The largest absolute Gasteiger partial charge is 0.494 e. The van der Waals surface area contributed by atoms with Gasteiger partial charge < -0.3 is 29.3 Å². The van der Waals surface area contributed by atoms with E-state index in [1.807, 2.05) is 58.0 Å². The van der Waals surface area contributed by atoms with Crippen LogP contribution in [-0.2, 0) is 19.1 Å². The second-order valence-corrected chi connectivity index (χ2v) is 13.5. The predicted octanol–water partition coefficient (Wildman–Crippen LogP) is 4.96. The Morgan fingerprint density at radius 2 is 1.78 bits per heavy atom. The van der Waals surface area contributed by atoms with Gasteiger partial charge in [-0.1, -0.05) is 47.1 Å². The van der Waals surface area contributed by atoms with Gasteiger partial charge in [-0.15, -0.1) is 13.2 Å². The number of aliphatic hydroxyl groups is 1. The average Bonchev–Trinajstić information content (AvgIpc) is 3.64. The summed E-state index contributed by atoms with van der Waals surface area (Å²) >= 11 is 3.78. The molecule has 10 heteroatoms. The predicted molar refractivity (Wildman–Crippen MR) is 182 cm³/mol. The lowest BCUT2D eigenvalue weighted by Crippen LogP contribution is -2.59. The highest BCUT2D eigenvalue weighted by Crippen LogP contribution is 2.61. The molecule has 0 saturated carbocycles. The number of amides is 3. The number of nitrogens with zero attached hydrogens (tertiary/aromatic N) is 3. The highest BCUT2D eigenvalue weighted by Gasteiger charge is 2.77. The van der Waals surface area contributed by atoms with Crippen molar-refractivity contribution in [3.05, 3.63) is 78.9 Å². The number of carbonyl (C=O) groups is 3. The Balaban J connectivity index is 1.61. The van der Waals surface area contributed by atoms with E-state index in [9.17, 15) is 19.5 Å². The fraction of sp³-hybridized carbons (Fsp3) is 0.472. The summed E-state index contributed by atoms with van der Waals surface area (Å²) in [6.45, 7) is 16.1. The maximum Gasteiger partial charge on any atom is 0.253 e. The minimum atomic E-state index is -1.27.